The second-order valence-corrected chi connectivity index (χ2v) is 7.01. The number of fused-ring (bicyclic) bond motifs is 1. The van der Waals surface area contributed by atoms with Gasteiger partial charge < -0.3 is 0 Å². The fourth-order valence-corrected chi connectivity index (χ4v) is 3.73. The highest BCUT2D eigenvalue weighted by Crippen LogP contribution is 2.21. The van der Waals surface area contributed by atoms with Crippen LogP contribution in [0.25, 0.3) is 22.3 Å². The van der Waals surface area contributed by atoms with Gasteiger partial charge in [0.25, 0.3) is 0 Å². The highest BCUT2D eigenvalue weighted by Gasteiger charge is 2.24. The molecule has 0 aliphatic heterocycles. The Bertz CT molecular complexity index is 1130. The molecule has 0 saturated carbocycles. The fourth-order valence-electron chi connectivity index (χ4n) is 3.73. The molecule has 0 N–H and O–H groups in total. The van der Waals surface area contributed by atoms with Crippen LogP contribution in [0.5, 0.6) is 0 Å². The first-order valence-electron chi connectivity index (χ1n) is 9.06. The summed E-state index contributed by atoms with van der Waals surface area (Å²) in [5, 5.41) is 1.25. The monoisotopic (exact) mass is 340 g/mol. The molecule has 0 fully saturated rings. The van der Waals surface area contributed by atoms with Gasteiger partial charge in [0.1, 0.15) is 0 Å². The minimum atomic E-state index is 1.23. The maximum absolute atomic E-state index is 2.38. The molecule has 4 rings (SSSR count). The van der Waals surface area contributed by atoms with Crippen molar-refractivity contribution in [2.75, 3.05) is 0 Å². The SMILES string of the molecule is Cc1cc(-[n+]2ccccc2C)c(C)c(-[n+]2c(C)ccc3ccccc32)c1. The van der Waals surface area contributed by atoms with Crippen LogP contribution in [0.1, 0.15) is 22.5 Å². The first kappa shape index (κ1) is 16.5. The molecule has 128 valence electrons. The van der Waals surface area contributed by atoms with Crippen LogP contribution in [0.2, 0.25) is 0 Å². The van der Waals surface area contributed by atoms with Crippen LogP contribution >= 0.6 is 0 Å². The second-order valence-electron chi connectivity index (χ2n) is 7.01. The average Bonchev–Trinajstić information content (AvgIpc) is 2.64. The van der Waals surface area contributed by atoms with E-state index >= 15 is 0 Å². The normalized spacial score (nSPS) is 11.1. The maximum Gasteiger partial charge on any atom is 0.221 e. The minimum Gasteiger partial charge on any atom is -0.164 e. The molecule has 2 aromatic heterocycles. The third kappa shape index (κ3) is 2.68. The van der Waals surface area contributed by atoms with Crippen molar-refractivity contribution in [2.24, 2.45) is 0 Å². The van der Waals surface area contributed by atoms with Crippen LogP contribution in [-0.2, 0) is 0 Å². The molecule has 2 heterocycles. The number of hydrogen-bond acceptors (Lipinski definition) is 0. The predicted octanol–water partition coefficient (Wildman–Crippen LogP) is 4.63. The van der Waals surface area contributed by atoms with Crippen molar-refractivity contribution in [1.29, 1.82) is 0 Å². The van der Waals surface area contributed by atoms with Crippen molar-refractivity contribution < 1.29 is 9.13 Å². The van der Waals surface area contributed by atoms with Crippen molar-refractivity contribution in [1.82, 2.24) is 0 Å². The van der Waals surface area contributed by atoms with E-state index in [1.165, 1.54) is 44.8 Å². The van der Waals surface area contributed by atoms with Gasteiger partial charge in [-0.25, -0.2) is 0 Å². The van der Waals surface area contributed by atoms with Crippen molar-refractivity contribution in [2.45, 2.75) is 27.7 Å². The third-order valence-corrected chi connectivity index (χ3v) is 5.10. The van der Waals surface area contributed by atoms with E-state index in [4.69, 9.17) is 0 Å². The van der Waals surface area contributed by atoms with Crippen LogP contribution in [0.15, 0.2) is 72.9 Å². The van der Waals surface area contributed by atoms with E-state index in [-0.39, 0.29) is 0 Å². The number of aromatic nitrogens is 2. The van der Waals surface area contributed by atoms with Gasteiger partial charge in [-0.1, -0.05) is 18.2 Å². The number of hydrogen-bond donors (Lipinski definition) is 0. The molecular weight excluding hydrogens is 316 g/mol. The van der Waals surface area contributed by atoms with Gasteiger partial charge >= 0.3 is 0 Å². The molecule has 2 aromatic carbocycles. The van der Waals surface area contributed by atoms with Crippen molar-refractivity contribution in [3.63, 3.8) is 0 Å². The lowest BCUT2D eigenvalue weighted by Crippen LogP contribution is -2.39. The highest BCUT2D eigenvalue weighted by molar-refractivity contribution is 5.76. The number of nitrogens with zero attached hydrogens (tertiary/aromatic N) is 2. The second kappa shape index (κ2) is 6.38. The number of benzene rings is 2. The molecule has 0 atom stereocenters. The largest absolute Gasteiger partial charge is 0.221 e. The van der Waals surface area contributed by atoms with Crippen molar-refractivity contribution >= 4 is 10.9 Å². The fraction of sp³-hybridized carbons (Fsp3) is 0.167. The summed E-state index contributed by atoms with van der Waals surface area (Å²) in [4.78, 5) is 0. The van der Waals surface area contributed by atoms with Crippen molar-refractivity contribution in [3.05, 3.63) is 95.4 Å². The Hall–Kier alpha value is -3.00. The van der Waals surface area contributed by atoms with Crippen LogP contribution < -0.4 is 9.13 Å². The lowest BCUT2D eigenvalue weighted by molar-refractivity contribution is -0.605. The summed E-state index contributed by atoms with van der Waals surface area (Å²) in [7, 11) is 0. The third-order valence-electron chi connectivity index (χ3n) is 5.10. The lowest BCUT2D eigenvalue weighted by Gasteiger charge is -2.10. The Labute approximate surface area is 155 Å². The summed E-state index contributed by atoms with van der Waals surface area (Å²) in [5.41, 5.74) is 8.71. The van der Waals surface area contributed by atoms with E-state index in [1.54, 1.807) is 0 Å². The topological polar surface area (TPSA) is 7.76 Å². The molecule has 0 spiro atoms. The van der Waals surface area contributed by atoms with Gasteiger partial charge in [0, 0.05) is 55.6 Å². The van der Waals surface area contributed by atoms with E-state index in [0.717, 1.165) is 0 Å². The molecule has 26 heavy (non-hydrogen) atoms. The van der Waals surface area contributed by atoms with Gasteiger partial charge in [-0.15, -0.1) is 0 Å². The zero-order valence-corrected chi connectivity index (χ0v) is 15.8. The number of rotatable bonds is 2. The van der Waals surface area contributed by atoms with Gasteiger partial charge in [-0.3, -0.25) is 0 Å². The average molecular weight is 340 g/mol. The molecule has 4 aromatic rings. The van der Waals surface area contributed by atoms with Crippen LogP contribution in [0, 0.1) is 27.7 Å². The molecule has 0 aliphatic carbocycles. The first-order chi connectivity index (χ1) is 12.6. The summed E-state index contributed by atoms with van der Waals surface area (Å²) in [6, 6.07) is 23.9. The molecule has 0 amide bonds. The quantitative estimate of drug-likeness (QED) is 0.470. The number of aryl methyl sites for hydroxylation is 3. The van der Waals surface area contributed by atoms with E-state index in [0.29, 0.717) is 0 Å². The predicted molar refractivity (Wildman–Crippen MR) is 106 cm³/mol. The Morgan fingerprint density at radius 3 is 2.19 bits per heavy atom. The molecular formula is C24H24N2+2. The zero-order chi connectivity index (χ0) is 18.3. The van der Waals surface area contributed by atoms with Crippen LogP contribution in [-0.4, -0.2) is 0 Å². The Morgan fingerprint density at radius 1 is 0.654 bits per heavy atom. The standard InChI is InChI=1S/C24H24N2/c1-17-15-23(25-14-8-7-9-18(25)2)20(4)24(16-17)26-19(3)12-13-21-10-5-6-11-22(21)26/h5-16H,1-4H3/q+2. The minimum absolute atomic E-state index is 1.23. The molecule has 0 radical (unpaired) electrons. The molecule has 2 heteroatoms. The summed E-state index contributed by atoms with van der Waals surface area (Å²) in [6.45, 7) is 8.72. The van der Waals surface area contributed by atoms with E-state index in [9.17, 15) is 0 Å². The van der Waals surface area contributed by atoms with E-state index in [1.807, 2.05) is 0 Å². The van der Waals surface area contributed by atoms with Gasteiger partial charge in [0.05, 0.1) is 5.56 Å². The summed E-state index contributed by atoms with van der Waals surface area (Å²) in [6.07, 6.45) is 2.14. The summed E-state index contributed by atoms with van der Waals surface area (Å²) in [5.74, 6) is 0. The van der Waals surface area contributed by atoms with E-state index < -0.39 is 0 Å². The van der Waals surface area contributed by atoms with Gasteiger partial charge in [0.15, 0.2) is 17.6 Å². The highest BCUT2D eigenvalue weighted by atomic mass is 15.0. The Balaban J connectivity index is 2.06. The lowest BCUT2D eigenvalue weighted by atomic mass is 10.1. The van der Waals surface area contributed by atoms with Crippen LogP contribution in [0.3, 0.4) is 0 Å². The summed E-state index contributed by atoms with van der Waals surface area (Å²) >= 11 is 0. The van der Waals surface area contributed by atoms with Gasteiger partial charge in [0.2, 0.25) is 16.9 Å². The van der Waals surface area contributed by atoms with Gasteiger partial charge in [-0.2, -0.15) is 9.13 Å². The van der Waals surface area contributed by atoms with Crippen molar-refractivity contribution in [3.8, 4) is 11.4 Å². The Kier molecular flexibility index (Phi) is 4.04. The molecule has 0 bridgehead atoms. The molecule has 0 aliphatic rings. The zero-order valence-electron chi connectivity index (χ0n) is 15.8. The smallest absolute Gasteiger partial charge is 0.164 e. The maximum atomic E-state index is 2.38. The van der Waals surface area contributed by atoms with Crippen LogP contribution in [0.4, 0.5) is 0 Å². The molecule has 0 saturated heterocycles. The number of para-hydroxylation sites is 1. The van der Waals surface area contributed by atoms with Gasteiger partial charge in [-0.05, 0) is 31.5 Å². The summed E-state index contributed by atoms with van der Waals surface area (Å²) < 4.78 is 4.65. The first-order valence-corrected chi connectivity index (χ1v) is 9.06. The molecule has 2 nitrogen and oxygen atoms in total. The van der Waals surface area contributed by atoms with E-state index in [2.05, 4.69) is 110 Å². The Morgan fingerprint density at radius 2 is 1.38 bits per heavy atom. The number of pyridine rings is 2. The molecule has 0 unspecified atom stereocenters.